The van der Waals surface area contributed by atoms with Gasteiger partial charge in [0.1, 0.15) is 24.4 Å². The molecule has 0 aliphatic carbocycles. The topological polar surface area (TPSA) is 122 Å². The summed E-state index contributed by atoms with van der Waals surface area (Å²) in [6, 6.07) is -0.509. The van der Waals surface area contributed by atoms with E-state index in [1.807, 2.05) is 20.8 Å². The molecule has 5 N–H and O–H groups in total. The molecule has 136 valence electrons. The molecule has 1 rings (SSSR count). The number of aliphatic hydroxyl groups excluding tert-OH is 4. The molecular weight excluding hydrogens is 328 g/mol. The Balaban J connectivity index is 3.00. The number of nitrogens with one attached hydrogen (secondary N) is 1. The largest absolute Gasteiger partial charge is 0.394 e. The molecule has 5 atom stereocenters. The molecule has 1 fully saturated rings. The number of urea groups is 1. The Labute approximate surface area is 141 Å². The second kappa shape index (κ2) is 8.46. The molecule has 9 heteroatoms. The van der Waals surface area contributed by atoms with Crippen molar-refractivity contribution in [3.05, 3.63) is 0 Å². The van der Waals surface area contributed by atoms with Crippen LogP contribution in [0.4, 0.5) is 4.79 Å². The van der Waals surface area contributed by atoms with Crippen LogP contribution in [-0.4, -0.2) is 87.6 Å². The van der Waals surface area contributed by atoms with Gasteiger partial charge in [-0.05, 0) is 5.41 Å². The van der Waals surface area contributed by atoms with E-state index < -0.39 is 43.3 Å². The van der Waals surface area contributed by atoms with Crippen LogP contribution in [-0.2, 0) is 4.74 Å². The maximum absolute atomic E-state index is 12.4. The number of hydrogen-bond acceptors (Lipinski definition) is 6. The Morgan fingerprint density at radius 3 is 2.30 bits per heavy atom. The Hall–Kier alpha value is -0.640. The Bertz CT molecular complexity index is 390. The molecule has 0 unspecified atom stereocenters. The maximum Gasteiger partial charge on any atom is 0.319 e. The van der Waals surface area contributed by atoms with E-state index in [1.54, 1.807) is 0 Å². The second-order valence-corrected chi connectivity index (χ2v) is 7.21. The van der Waals surface area contributed by atoms with Crippen LogP contribution in [0, 0.1) is 5.41 Å². The molecule has 0 spiro atoms. The third kappa shape index (κ3) is 5.44. The van der Waals surface area contributed by atoms with Gasteiger partial charge in [0.15, 0.2) is 6.23 Å². The first-order valence-electron chi connectivity index (χ1n) is 7.53. The molecule has 23 heavy (non-hydrogen) atoms. The van der Waals surface area contributed by atoms with E-state index in [-0.39, 0.29) is 24.4 Å². The Morgan fingerprint density at radius 2 is 1.83 bits per heavy atom. The summed E-state index contributed by atoms with van der Waals surface area (Å²) in [4.78, 5) is 13.6. The van der Waals surface area contributed by atoms with Crippen LogP contribution in [0.3, 0.4) is 0 Å². The number of carbonyl (C=O) groups excluding carboxylic acids is 1. The van der Waals surface area contributed by atoms with Crippen molar-refractivity contribution < 1.29 is 30.0 Å². The van der Waals surface area contributed by atoms with Gasteiger partial charge in [-0.2, -0.15) is 0 Å². The van der Waals surface area contributed by atoms with Crippen molar-refractivity contribution in [1.82, 2.24) is 10.2 Å². The predicted octanol–water partition coefficient (Wildman–Crippen LogP) is -0.917. The second-order valence-electron chi connectivity index (χ2n) is 6.83. The van der Waals surface area contributed by atoms with Gasteiger partial charge in [0, 0.05) is 19.0 Å². The minimum Gasteiger partial charge on any atom is -0.394 e. The van der Waals surface area contributed by atoms with Crippen LogP contribution in [0.1, 0.15) is 20.8 Å². The van der Waals surface area contributed by atoms with Crippen LogP contribution in [0.2, 0.25) is 0 Å². The van der Waals surface area contributed by atoms with Gasteiger partial charge >= 0.3 is 6.03 Å². The summed E-state index contributed by atoms with van der Waals surface area (Å²) in [5, 5.41) is 41.8. The lowest BCUT2D eigenvalue weighted by Gasteiger charge is -2.45. The number of aliphatic hydroxyl groups is 4. The summed E-state index contributed by atoms with van der Waals surface area (Å²) in [6.07, 6.45) is -6.76. The van der Waals surface area contributed by atoms with Crippen LogP contribution in [0.25, 0.3) is 0 Å². The summed E-state index contributed by atoms with van der Waals surface area (Å²) >= 11 is 5.57. The Morgan fingerprint density at radius 1 is 1.22 bits per heavy atom. The standard InChI is InChI=1S/C14H27ClN2O6/c1-14(2,3)7-17(13(22)16-5-4-15)12-11(21)10(20)9(19)8(6-18)23-12/h8-12,18-21H,4-7H2,1-3H3,(H,16,22)/t8-,9+,10+,11-,12-/m1/s1. The molecule has 2 amide bonds. The zero-order chi connectivity index (χ0) is 17.8. The molecule has 0 saturated carbocycles. The SMILES string of the molecule is CC(C)(C)CN(C(=O)NCCCl)[C@@H]1O[C@H](CO)[C@H](O)[C@H](O)[C@H]1O. The average Bonchev–Trinajstić information content (AvgIpc) is 2.48. The molecule has 1 saturated heterocycles. The van der Waals surface area contributed by atoms with E-state index in [9.17, 15) is 25.2 Å². The number of hydrogen-bond donors (Lipinski definition) is 5. The van der Waals surface area contributed by atoms with Crippen molar-refractivity contribution in [2.24, 2.45) is 5.41 Å². The molecule has 1 heterocycles. The zero-order valence-electron chi connectivity index (χ0n) is 13.6. The number of amides is 2. The summed E-state index contributed by atoms with van der Waals surface area (Å²) in [5.41, 5.74) is -0.308. The molecule has 0 aromatic heterocycles. The molecule has 8 nitrogen and oxygen atoms in total. The number of ether oxygens (including phenoxy) is 1. The first-order chi connectivity index (χ1) is 10.6. The third-order valence-electron chi connectivity index (χ3n) is 3.45. The van der Waals surface area contributed by atoms with Crippen molar-refractivity contribution in [2.75, 3.05) is 25.6 Å². The van der Waals surface area contributed by atoms with E-state index in [0.29, 0.717) is 0 Å². The normalized spacial score (nSPS) is 31.7. The smallest absolute Gasteiger partial charge is 0.319 e. The fourth-order valence-electron chi connectivity index (χ4n) is 2.38. The van der Waals surface area contributed by atoms with Crippen molar-refractivity contribution in [1.29, 1.82) is 0 Å². The summed E-state index contributed by atoms with van der Waals surface area (Å²) in [7, 11) is 0. The van der Waals surface area contributed by atoms with Crippen LogP contribution in [0.5, 0.6) is 0 Å². The van der Waals surface area contributed by atoms with Crippen LogP contribution in [0.15, 0.2) is 0 Å². The van der Waals surface area contributed by atoms with Gasteiger partial charge in [0.05, 0.1) is 6.61 Å². The minimum atomic E-state index is -1.53. The first-order valence-corrected chi connectivity index (χ1v) is 8.06. The fraction of sp³-hybridized carbons (Fsp3) is 0.929. The third-order valence-corrected chi connectivity index (χ3v) is 3.64. The quantitative estimate of drug-likeness (QED) is 0.407. The summed E-state index contributed by atoms with van der Waals surface area (Å²) in [6.45, 7) is 5.62. The fourth-order valence-corrected chi connectivity index (χ4v) is 2.48. The lowest BCUT2D eigenvalue weighted by atomic mass is 9.93. The summed E-state index contributed by atoms with van der Waals surface area (Å²) < 4.78 is 5.46. The molecule has 0 aromatic carbocycles. The molecule has 0 radical (unpaired) electrons. The molecule has 0 bridgehead atoms. The number of carbonyl (C=O) groups is 1. The monoisotopic (exact) mass is 354 g/mol. The molecule has 1 aliphatic rings. The van der Waals surface area contributed by atoms with Crippen molar-refractivity contribution in [2.45, 2.75) is 51.4 Å². The van der Waals surface area contributed by atoms with E-state index >= 15 is 0 Å². The number of halogens is 1. The molecule has 1 aliphatic heterocycles. The average molecular weight is 355 g/mol. The van der Waals surface area contributed by atoms with Gasteiger partial charge in [-0.3, -0.25) is 4.90 Å². The van der Waals surface area contributed by atoms with Gasteiger partial charge in [-0.25, -0.2) is 4.79 Å². The summed E-state index contributed by atoms with van der Waals surface area (Å²) in [5.74, 6) is 0.226. The van der Waals surface area contributed by atoms with E-state index in [1.165, 1.54) is 4.90 Å². The lowest BCUT2D eigenvalue weighted by molar-refractivity contribution is -0.259. The zero-order valence-corrected chi connectivity index (χ0v) is 14.4. The molecular formula is C14H27ClN2O6. The Kier molecular flexibility index (Phi) is 7.50. The van der Waals surface area contributed by atoms with Gasteiger partial charge in [0.2, 0.25) is 0 Å². The first kappa shape index (κ1) is 20.4. The maximum atomic E-state index is 12.4. The highest BCUT2D eigenvalue weighted by atomic mass is 35.5. The van der Waals surface area contributed by atoms with E-state index in [2.05, 4.69) is 5.32 Å². The number of alkyl halides is 1. The highest BCUT2D eigenvalue weighted by Gasteiger charge is 2.47. The van der Waals surface area contributed by atoms with E-state index in [0.717, 1.165) is 0 Å². The van der Waals surface area contributed by atoms with Gasteiger partial charge in [0.25, 0.3) is 0 Å². The highest BCUT2D eigenvalue weighted by molar-refractivity contribution is 6.18. The van der Waals surface area contributed by atoms with Crippen LogP contribution < -0.4 is 5.32 Å². The molecule has 0 aromatic rings. The van der Waals surface area contributed by atoms with Crippen molar-refractivity contribution >= 4 is 17.6 Å². The van der Waals surface area contributed by atoms with Gasteiger partial charge in [-0.1, -0.05) is 20.8 Å². The van der Waals surface area contributed by atoms with Crippen molar-refractivity contribution in [3.63, 3.8) is 0 Å². The van der Waals surface area contributed by atoms with E-state index in [4.69, 9.17) is 16.3 Å². The van der Waals surface area contributed by atoms with Gasteiger partial charge in [-0.15, -0.1) is 11.6 Å². The van der Waals surface area contributed by atoms with Gasteiger partial charge < -0.3 is 30.5 Å². The predicted molar refractivity (Wildman–Crippen MR) is 84.0 cm³/mol. The lowest BCUT2D eigenvalue weighted by Crippen LogP contribution is -2.65. The number of nitrogens with zero attached hydrogens (tertiary/aromatic N) is 1. The minimum absolute atomic E-state index is 0.226. The van der Waals surface area contributed by atoms with Crippen molar-refractivity contribution in [3.8, 4) is 0 Å². The highest BCUT2D eigenvalue weighted by Crippen LogP contribution is 2.26. The number of rotatable bonds is 5. The van der Waals surface area contributed by atoms with Crippen LogP contribution >= 0.6 is 11.6 Å².